The average molecular weight is 497 g/mol. The van der Waals surface area contributed by atoms with E-state index in [1.807, 2.05) is 31.2 Å². The Morgan fingerprint density at radius 2 is 1.80 bits per heavy atom. The zero-order valence-corrected chi connectivity index (χ0v) is 19.7. The molecule has 0 unspecified atom stereocenters. The highest BCUT2D eigenvalue weighted by Gasteiger charge is 2.23. The van der Waals surface area contributed by atoms with Crippen LogP contribution in [0.4, 0.5) is 19.3 Å². The van der Waals surface area contributed by atoms with Crippen LogP contribution in [0.15, 0.2) is 53.3 Å². The van der Waals surface area contributed by atoms with Crippen molar-refractivity contribution >= 4 is 28.0 Å². The summed E-state index contributed by atoms with van der Waals surface area (Å²) < 4.78 is 28.2. The minimum atomic E-state index is -0.821. The van der Waals surface area contributed by atoms with Gasteiger partial charge in [0.25, 0.3) is 5.56 Å². The lowest BCUT2D eigenvalue weighted by Crippen LogP contribution is -2.49. The van der Waals surface area contributed by atoms with E-state index >= 15 is 0 Å². The van der Waals surface area contributed by atoms with E-state index < -0.39 is 17.7 Å². The topological polar surface area (TPSA) is 82.8 Å². The second kappa shape index (κ2) is 9.51. The van der Waals surface area contributed by atoms with Crippen molar-refractivity contribution < 1.29 is 13.6 Å². The zero-order valence-electron chi connectivity index (χ0n) is 18.9. The summed E-state index contributed by atoms with van der Waals surface area (Å²) >= 11 is 1.36. The molecule has 0 bridgehead atoms. The van der Waals surface area contributed by atoms with Crippen LogP contribution in [0.2, 0.25) is 0 Å². The Balaban J connectivity index is 1.23. The molecule has 0 spiro atoms. The van der Waals surface area contributed by atoms with Gasteiger partial charge in [-0.2, -0.15) is 9.61 Å². The highest BCUT2D eigenvalue weighted by Crippen LogP contribution is 2.24. The number of halogens is 2. The molecule has 35 heavy (non-hydrogen) atoms. The smallest absolute Gasteiger partial charge is 0.322 e. The lowest BCUT2D eigenvalue weighted by Gasteiger charge is -2.34. The van der Waals surface area contributed by atoms with Crippen LogP contribution in [0.3, 0.4) is 0 Å². The first-order valence-corrected chi connectivity index (χ1v) is 11.9. The number of hydrogen-bond acceptors (Lipinski definition) is 6. The van der Waals surface area contributed by atoms with Gasteiger partial charge in [-0.3, -0.25) is 9.69 Å². The summed E-state index contributed by atoms with van der Waals surface area (Å²) in [4.78, 5) is 33.9. The molecule has 1 aliphatic heterocycles. The van der Waals surface area contributed by atoms with E-state index in [0.717, 1.165) is 28.3 Å². The molecule has 1 fully saturated rings. The first-order valence-electron chi connectivity index (χ1n) is 11.1. The summed E-state index contributed by atoms with van der Waals surface area (Å²) in [7, 11) is 0. The van der Waals surface area contributed by atoms with Crippen molar-refractivity contribution in [3.8, 4) is 10.6 Å². The number of benzene rings is 2. The number of rotatable bonds is 4. The fourth-order valence-corrected chi connectivity index (χ4v) is 4.80. The first kappa shape index (κ1) is 23.1. The van der Waals surface area contributed by atoms with Gasteiger partial charge in [-0.1, -0.05) is 41.2 Å². The van der Waals surface area contributed by atoms with Crippen molar-refractivity contribution in [3.05, 3.63) is 81.8 Å². The summed E-state index contributed by atoms with van der Waals surface area (Å²) in [5.41, 5.74) is 2.42. The number of carbonyl (C=O) groups excluding carboxylic acids is 1. The Morgan fingerprint density at radius 3 is 2.51 bits per heavy atom. The largest absolute Gasteiger partial charge is 0.322 e. The van der Waals surface area contributed by atoms with Gasteiger partial charge in [-0.15, -0.1) is 0 Å². The third-order valence-corrected chi connectivity index (χ3v) is 6.77. The average Bonchev–Trinajstić information content (AvgIpc) is 3.26. The lowest BCUT2D eigenvalue weighted by molar-refractivity contribution is 0.142. The molecule has 0 atom stereocenters. The van der Waals surface area contributed by atoms with E-state index in [4.69, 9.17) is 0 Å². The number of hydrogen-bond donors (Lipinski definition) is 1. The molecule has 3 heterocycles. The van der Waals surface area contributed by atoms with E-state index in [-0.39, 0.29) is 11.2 Å². The summed E-state index contributed by atoms with van der Waals surface area (Å²) in [6, 6.07) is 12.0. The molecule has 0 saturated carbocycles. The molecule has 8 nitrogen and oxygen atoms in total. The normalized spacial score (nSPS) is 14.4. The van der Waals surface area contributed by atoms with E-state index in [1.54, 1.807) is 4.90 Å². The number of anilines is 1. The van der Waals surface area contributed by atoms with Gasteiger partial charge in [-0.25, -0.2) is 18.6 Å². The number of aromatic nitrogens is 3. The summed E-state index contributed by atoms with van der Waals surface area (Å²) in [6.45, 7) is 4.46. The van der Waals surface area contributed by atoms with Crippen LogP contribution >= 0.6 is 11.3 Å². The third-order valence-electron chi connectivity index (χ3n) is 5.81. The van der Waals surface area contributed by atoms with Crippen LogP contribution in [-0.4, -0.2) is 56.6 Å². The molecule has 2 aromatic heterocycles. The predicted octanol–water partition coefficient (Wildman–Crippen LogP) is 3.75. The van der Waals surface area contributed by atoms with Gasteiger partial charge in [-0.05, 0) is 19.1 Å². The molecule has 5 rings (SSSR count). The Morgan fingerprint density at radius 1 is 1.06 bits per heavy atom. The second-order valence-corrected chi connectivity index (χ2v) is 9.33. The van der Waals surface area contributed by atoms with Crippen LogP contribution < -0.4 is 10.9 Å². The van der Waals surface area contributed by atoms with E-state index in [9.17, 15) is 18.4 Å². The molecule has 2 amide bonds. The van der Waals surface area contributed by atoms with Gasteiger partial charge in [0.1, 0.15) is 16.6 Å². The quantitative estimate of drug-likeness (QED) is 0.465. The maximum Gasteiger partial charge on any atom is 0.322 e. The number of piperazine rings is 1. The molecule has 180 valence electrons. The van der Waals surface area contributed by atoms with Crippen molar-refractivity contribution in [1.29, 1.82) is 0 Å². The molecule has 0 radical (unpaired) electrons. The van der Waals surface area contributed by atoms with Crippen LogP contribution in [0, 0.1) is 18.6 Å². The SMILES string of the molecule is Cc1ccc(-c2nn3c(=O)cc(CN4CCN(C(=O)Nc5ccc(F)cc5F)CC4)nc3s2)cc1. The van der Waals surface area contributed by atoms with Crippen LogP contribution in [0.25, 0.3) is 15.5 Å². The summed E-state index contributed by atoms with van der Waals surface area (Å²) in [5, 5.41) is 7.63. The van der Waals surface area contributed by atoms with Gasteiger partial charge in [0, 0.05) is 50.4 Å². The molecule has 4 aromatic rings. The number of aryl methyl sites for hydroxylation is 1. The van der Waals surface area contributed by atoms with Crippen LogP contribution in [0.5, 0.6) is 0 Å². The minimum Gasteiger partial charge on any atom is -0.322 e. The monoisotopic (exact) mass is 496 g/mol. The van der Waals surface area contributed by atoms with Gasteiger partial charge < -0.3 is 10.2 Å². The molecule has 1 saturated heterocycles. The number of amides is 2. The van der Waals surface area contributed by atoms with Crippen molar-refractivity contribution in [3.63, 3.8) is 0 Å². The molecule has 11 heteroatoms. The first-order chi connectivity index (χ1) is 16.9. The van der Waals surface area contributed by atoms with Crippen molar-refractivity contribution in [2.45, 2.75) is 13.5 Å². The van der Waals surface area contributed by atoms with Crippen molar-refractivity contribution in [2.24, 2.45) is 0 Å². The van der Waals surface area contributed by atoms with Crippen molar-refractivity contribution in [2.75, 3.05) is 31.5 Å². The van der Waals surface area contributed by atoms with Gasteiger partial charge in [0.2, 0.25) is 4.96 Å². The van der Waals surface area contributed by atoms with Gasteiger partial charge >= 0.3 is 6.03 Å². The number of urea groups is 1. The molecule has 2 aromatic carbocycles. The highest BCUT2D eigenvalue weighted by atomic mass is 32.1. The number of nitrogens with zero attached hydrogens (tertiary/aromatic N) is 5. The zero-order chi connectivity index (χ0) is 24.5. The number of nitrogens with one attached hydrogen (secondary N) is 1. The van der Waals surface area contributed by atoms with Gasteiger partial charge in [0.15, 0.2) is 0 Å². The number of fused-ring (bicyclic) bond motifs is 1. The molecular weight excluding hydrogens is 474 g/mol. The predicted molar refractivity (Wildman–Crippen MR) is 130 cm³/mol. The molecular formula is C24H22F2N6O2S. The van der Waals surface area contributed by atoms with E-state index in [2.05, 4.69) is 20.3 Å². The van der Waals surface area contributed by atoms with Crippen molar-refractivity contribution in [1.82, 2.24) is 24.4 Å². The van der Waals surface area contributed by atoms with Gasteiger partial charge in [0.05, 0.1) is 11.4 Å². The maximum absolute atomic E-state index is 13.8. The Labute approximate surface area is 203 Å². The Hall–Kier alpha value is -3.70. The fourth-order valence-electron chi connectivity index (χ4n) is 3.87. The summed E-state index contributed by atoms with van der Waals surface area (Å²) in [6.07, 6.45) is 0. The molecule has 1 N–H and O–H groups in total. The fraction of sp³-hybridized carbons (Fsp3) is 0.250. The van der Waals surface area contributed by atoms with Crippen LogP contribution in [-0.2, 0) is 6.54 Å². The minimum absolute atomic E-state index is 0.0635. The van der Waals surface area contributed by atoms with Crippen LogP contribution in [0.1, 0.15) is 11.3 Å². The molecule has 1 aliphatic rings. The number of carbonyl (C=O) groups is 1. The third kappa shape index (κ3) is 5.05. The summed E-state index contributed by atoms with van der Waals surface area (Å²) in [5.74, 6) is -1.52. The Bertz CT molecular complexity index is 1440. The van der Waals surface area contributed by atoms with E-state index in [0.29, 0.717) is 43.4 Å². The molecule has 0 aliphatic carbocycles. The Kier molecular flexibility index (Phi) is 6.27. The highest BCUT2D eigenvalue weighted by molar-refractivity contribution is 7.19. The standard InChI is InChI=1S/C24H22F2N6O2S/c1-15-2-4-16(5-3-15)22-29-32-21(33)13-18(27-24(32)35-22)14-30-8-10-31(11-9-30)23(34)28-20-7-6-17(25)12-19(20)26/h2-7,12-13H,8-11,14H2,1H3,(H,28,34). The lowest BCUT2D eigenvalue weighted by atomic mass is 10.2. The maximum atomic E-state index is 13.8. The van der Waals surface area contributed by atoms with E-state index in [1.165, 1.54) is 28.0 Å². The second-order valence-electron chi connectivity index (χ2n) is 8.37.